The number of aliphatic carboxylic acids is 1. The zero-order chi connectivity index (χ0) is 8.55. The maximum Gasteiger partial charge on any atom is 0.331 e. The second-order valence-corrected chi connectivity index (χ2v) is 3.91. The van der Waals surface area contributed by atoms with Crippen LogP contribution in [-0.4, -0.2) is 11.1 Å². The number of hydrogen-bond donors (Lipinski definition) is 1. The van der Waals surface area contributed by atoms with Crippen LogP contribution in [-0.2, 0) is 4.79 Å². The summed E-state index contributed by atoms with van der Waals surface area (Å²) in [6, 6.07) is 0. The predicted octanol–water partition coefficient (Wildman–Crippen LogP) is 2.21. The molecule has 0 unspecified atom stereocenters. The van der Waals surface area contributed by atoms with Gasteiger partial charge in [0, 0.05) is 5.57 Å². The molecule has 0 heterocycles. The maximum atomic E-state index is 10.7. The van der Waals surface area contributed by atoms with Gasteiger partial charge >= 0.3 is 5.97 Å². The summed E-state index contributed by atoms with van der Waals surface area (Å²) in [7, 11) is 0. The molecule has 66 valence electrons. The van der Waals surface area contributed by atoms with Gasteiger partial charge in [0.2, 0.25) is 0 Å². The second kappa shape index (κ2) is 2.92. The van der Waals surface area contributed by atoms with Crippen LogP contribution in [0.2, 0.25) is 0 Å². The average molecular weight is 166 g/mol. The summed E-state index contributed by atoms with van der Waals surface area (Å²) < 4.78 is 0. The summed E-state index contributed by atoms with van der Waals surface area (Å²) in [5.74, 6) is 0.541. The molecule has 2 nitrogen and oxygen atoms in total. The highest BCUT2D eigenvalue weighted by atomic mass is 16.4. The molecular formula is C10H14O2. The lowest BCUT2D eigenvalue weighted by Gasteiger charge is -2.23. The van der Waals surface area contributed by atoms with Gasteiger partial charge in [-0.15, -0.1) is 0 Å². The number of allylic oxidation sites excluding steroid dienone is 1. The predicted molar refractivity (Wildman–Crippen MR) is 45.8 cm³/mol. The minimum atomic E-state index is -0.704. The van der Waals surface area contributed by atoms with Gasteiger partial charge in [0.1, 0.15) is 0 Å². The van der Waals surface area contributed by atoms with E-state index in [-0.39, 0.29) is 0 Å². The van der Waals surface area contributed by atoms with E-state index in [9.17, 15) is 4.79 Å². The zero-order valence-electron chi connectivity index (χ0n) is 7.12. The highest BCUT2D eigenvalue weighted by Gasteiger charge is 2.31. The molecule has 1 fully saturated rings. The van der Waals surface area contributed by atoms with E-state index in [1.807, 2.05) is 6.08 Å². The highest BCUT2D eigenvalue weighted by Crippen LogP contribution is 2.40. The third kappa shape index (κ3) is 1.26. The van der Waals surface area contributed by atoms with Crippen LogP contribution >= 0.6 is 0 Å². The van der Waals surface area contributed by atoms with Gasteiger partial charge in [0.25, 0.3) is 0 Å². The molecule has 1 N–H and O–H groups in total. The summed E-state index contributed by atoms with van der Waals surface area (Å²) in [6.45, 7) is 0. The lowest BCUT2D eigenvalue weighted by Crippen LogP contribution is -2.13. The first-order chi connectivity index (χ1) is 5.77. The van der Waals surface area contributed by atoms with Crippen LogP contribution < -0.4 is 0 Å². The SMILES string of the molecule is O=C(O)C1=C[C@H]2CCCC[C@@H]2C1. The summed E-state index contributed by atoms with van der Waals surface area (Å²) in [5, 5.41) is 8.79. The van der Waals surface area contributed by atoms with Gasteiger partial charge in [-0.3, -0.25) is 0 Å². The molecule has 0 aromatic heterocycles. The van der Waals surface area contributed by atoms with Crippen molar-refractivity contribution in [1.82, 2.24) is 0 Å². The van der Waals surface area contributed by atoms with E-state index in [4.69, 9.17) is 5.11 Å². The Kier molecular flexibility index (Phi) is 1.91. The summed E-state index contributed by atoms with van der Waals surface area (Å²) >= 11 is 0. The van der Waals surface area contributed by atoms with E-state index < -0.39 is 5.97 Å². The van der Waals surface area contributed by atoms with E-state index in [2.05, 4.69) is 0 Å². The Balaban J connectivity index is 2.09. The van der Waals surface area contributed by atoms with Crippen LogP contribution in [0.4, 0.5) is 0 Å². The normalized spacial score (nSPS) is 34.2. The minimum absolute atomic E-state index is 0.588. The number of fused-ring (bicyclic) bond motifs is 1. The molecular weight excluding hydrogens is 152 g/mol. The van der Waals surface area contributed by atoms with Crippen molar-refractivity contribution in [3.63, 3.8) is 0 Å². The van der Waals surface area contributed by atoms with Gasteiger partial charge in [-0.2, -0.15) is 0 Å². The molecule has 2 rings (SSSR count). The summed E-state index contributed by atoms with van der Waals surface area (Å²) in [6.07, 6.45) is 7.83. The van der Waals surface area contributed by atoms with Crippen LogP contribution in [0.25, 0.3) is 0 Å². The van der Waals surface area contributed by atoms with E-state index in [0.29, 0.717) is 17.4 Å². The Morgan fingerprint density at radius 3 is 2.83 bits per heavy atom. The standard InChI is InChI=1S/C10H14O2/c11-10(12)9-5-7-3-1-2-4-8(7)6-9/h5,7-8H,1-4,6H2,(H,11,12)/t7-,8-/m1/s1. The molecule has 0 aromatic rings. The quantitative estimate of drug-likeness (QED) is 0.648. The Morgan fingerprint density at radius 2 is 2.17 bits per heavy atom. The smallest absolute Gasteiger partial charge is 0.331 e. The van der Waals surface area contributed by atoms with E-state index in [1.165, 1.54) is 25.7 Å². The molecule has 0 aliphatic heterocycles. The van der Waals surface area contributed by atoms with Crippen molar-refractivity contribution in [3.8, 4) is 0 Å². The fraction of sp³-hybridized carbons (Fsp3) is 0.700. The Labute approximate surface area is 72.3 Å². The Morgan fingerprint density at radius 1 is 1.42 bits per heavy atom. The van der Waals surface area contributed by atoms with Gasteiger partial charge in [-0.1, -0.05) is 18.9 Å². The summed E-state index contributed by atoms with van der Waals surface area (Å²) in [4.78, 5) is 10.7. The first-order valence-corrected chi connectivity index (χ1v) is 4.71. The molecule has 2 atom stereocenters. The molecule has 0 saturated heterocycles. The molecule has 0 aromatic carbocycles. The van der Waals surface area contributed by atoms with Crippen LogP contribution in [0, 0.1) is 11.8 Å². The van der Waals surface area contributed by atoms with Crippen molar-refractivity contribution in [2.24, 2.45) is 11.8 Å². The zero-order valence-corrected chi connectivity index (χ0v) is 7.12. The lowest BCUT2D eigenvalue weighted by molar-refractivity contribution is -0.132. The second-order valence-electron chi connectivity index (χ2n) is 3.91. The molecule has 2 aliphatic rings. The van der Waals surface area contributed by atoms with Crippen molar-refractivity contribution in [2.75, 3.05) is 0 Å². The molecule has 2 aliphatic carbocycles. The molecule has 0 amide bonds. The van der Waals surface area contributed by atoms with Gasteiger partial charge in [-0.25, -0.2) is 4.79 Å². The van der Waals surface area contributed by atoms with Gasteiger partial charge < -0.3 is 5.11 Å². The number of carboxylic acid groups (broad SMARTS) is 1. The molecule has 0 spiro atoms. The van der Waals surface area contributed by atoms with Crippen molar-refractivity contribution in [2.45, 2.75) is 32.1 Å². The summed E-state index contributed by atoms with van der Waals surface area (Å²) in [5.41, 5.74) is 0.659. The monoisotopic (exact) mass is 166 g/mol. The minimum Gasteiger partial charge on any atom is -0.478 e. The van der Waals surface area contributed by atoms with E-state index in [1.54, 1.807) is 0 Å². The molecule has 0 bridgehead atoms. The molecule has 12 heavy (non-hydrogen) atoms. The van der Waals surface area contributed by atoms with Crippen molar-refractivity contribution >= 4 is 5.97 Å². The Bertz CT molecular complexity index is 230. The van der Waals surface area contributed by atoms with Crippen molar-refractivity contribution in [3.05, 3.63) is 11.6 Å². The molecule has 1 saturated carbocycles. The van der Waals surface area contributed by atoms with Gasteiger partial charge in [0.05, 0.1) is 0 Å². The Hall–Kier alpha value is -0.790. The van der Waals surface area contributed by atoms with Crippen LogP contribution in [0.1, 0.15) is 32.1 Å². The fourth-order valence-corrected chi connectivity index (χ4v) is 2.48. The third-order valence-corrected chi connectivity index (χ3v) is 3.14. The van der Waals surface area contributed by atoms with Gasteiger partial charge in [0.15, 0.2) is 0 Å². The van der Waals surface area contributed by atoms with Gasteiger partial charge in [-0.05, 0) is 31.1 Å². The van der Waals surface area contributed by atoms with E-state index >= 15 is 0 Å². The highest BCUT2D eigenvalue weighted by molar-refractivity contribution is 5.87. The van der Waals surface area contributed by atoms with Crippen molar-refractivity contribution < 1.29 is 9.90 Å². The molecule has 0 radical (unpaired) electrons. The fourth-order valence-electron chi connectivity index (χ4n) is 2.48. The first kappa shape index (κ1) is 7.84. The van der Waals surface area contributed by atoms with Crippen molar-refractivity contribution in [1.29, 1.82) is 0 Å². The van der Waals surface area contributed by atoms with Crippen LogP contribution in [0.3, 0.4) is 0 Å². The first-order valence-electron chi connectivity index (χ1n) is 4.71. The molecule has 2 heteroatoms. The number of hydrogen-bond acceptors (Lipinski definition) is 1. The lowest BCUT2D eigenvalue weighted by atomic mass is 9.81. The average Bonchev–Trinajstić information content (AvgIpc) is 2.46. The number of rotatable bonds is 1. The van der Waals surface area contributed by atoms with E-state index in [0.717, 1.165) is 6.42 Å². The van der Waals surface area contributed by atoms with Crippen LogP contribution in [0.5, 0.6) is 0 Å². The maximum absolute atomic E-state index is 10.7. The topological polar surface area (TPSA) is 37.3 Å². The van der Waals surface area contributed by atoms with Crippen LogP contribution in [0.15, 0.2) is 11.6 Å². The third-order valence-electron chi connectivity index (χ3n) is 3.14. The largest absolute Gasteiger partial charge is 0.478 e. The number of carbonyl (C=O) groups is 1. The number of carboxylic acids is 1.